The summed E-state index contributed by atoms with van der Waals surface area (Å²) in [4.78, 5) is 12.2. The molecule has 2 heterocycles. The number of amides is 1. The average Bonchev–Trinajstić information content (AvgIpc) is 3.24. The molecule has 32 heavy (non-hydrogen) atoms. The number of ether oxygens (including phenoxy) is 3. The van der Waals surface area contributed by atoms with Crippen molar-refractivity contribution in [2.75, 3.05) is 27.4 Å². The monoisotopic (exact) mass is 453 g/mol. The maximum Gasteiger partial charge on any atom is 0.251 e. The van der Waals surface area contributed by atoms with E-state index >= 15 is 0 Å². The molecule has 2 aromatic heterocycles. The molecule has 0 bridgehead atoms. The minimum absolute atomic E-state index is 0.228. The molecule has 0 atom stereocenters. The van der Waals surface area contributed by atoms with Crippen molar-refractivity contribution in [3.8, 4) is 28.8 Å². The Kier molecular flexibility index (Phi) is 6.37. The quantitative estimate of drug-likeness (QED) is 0.409. The second-order valence-corrected chi connectivity index (χ2v) is 7.09. The van der Waals surface area contributed by atoms with Crippen molar-refractivity contribution in [2.45, 2.75) is 0 Å². The fourth-order valence-electron chi connectivity index (χ4n) is 3.06. The average molecular weight is 454 g/mol. The highest BCUT2D eigenvalue weighted by molar-refractivity contribution is 6.30. The molecule has 10 heteroatoms. The molecule has 1 amide bonds. The largest absolute Gasteiger partial charge is 0.493 e. The molecule has 0 saturated carbocycles. The first kappa shape index (κ1) is 21.4. The second kappa shape index (κ2) is 9.52. The third-order valence-electron chi connectivity index (χ3n) is 4.60. The highest BCUT2D eigenvalue weighted by Gasteiger charge is 2.14. The van der Waals surface area contributed by atoms with E-state index in [1.807, 2.05) is 6.07 Å². The van der Waals surface area contributed by atoms with Gasteiger partial charge in [0.2, 0.25) is 5.88 Å². The van der Waals surface area contributed by atoms with E-state index in [1.165, 1.54) is 0 Å². The van der Waals surface area contributed by atoms with Crippen molar-refractivity contribution in [2.24, 2.45) is 0 Å². The number of benzene rings is 2. The number of aromatic nitrogens is 4. The summed E-state index contributed by atoms with van der Waals surface area (Å²) in [5, 5.41) is 16.1. The van der Waals surface area contributed by atoms with Crippen molar-refractivity contribution in [1.29, 1.82) is 0 Å². The minimum Gasteiger partial charge on any atom is -0.493 e. The number of rotatable bonds is 8. The van der Waals surface area contributed by atoms with Crippen LogP contribution in [0.2, 0.25) is 5.02 Å². The Hall–Kier alpha value is -3.85. The van der Waals surface area contributed by atoms with E-state index in [-0.39, 0.29) is 12.5 Å². The predicted molar refractivity (Wildman–Crippen MR) is 119 cm³/mol. The van der Waals surface area contributed by atoms with Gasteiger partial charge in [0.15, 0.2) is 23.0 Å². The van der Waals surface area contributed by atoms with Crippen LogP contribution in [0.25, 0.3) is 17.0 Å². The van der Waals surface area contributed by atoms with E-state index in [0.717, 1.165) is 5.56 Å². The molecule has 0 saturated heterocycles. The first-order chi connectivity index (χ1) is 15.6. The van der Waals surface area contributed by atoms with Gasteiger partial charge in [-0.3, -0.25) is 4.79 Å². The Morgan fingerprint density at radius 2 is 1.88 bits per heavy atom. The van der Waals surface area contributed by atoms with Crippen LogP contribution in [0.5, 0.6) is 17.4 Å². The molecule has 164 valence electrons. The van der Waals surface area contributed by atoms with Gasteiger partial charge in [-0.25, -0.2) is 0 Å². The summed E-state index contributed by atoms with van der Waals surface area (Å²) < 4.78 is 17.9. The number of nitrogens with one attached hydrogen (secondary N) is 1. The molecule has 9 nitrogen and oxygen atoms in total. The van der Waals surface area contributed by atoms with Gasteiger partial charge in [0.05, 0.1) is 20.8 Å². The van der Waals surface area contributed by atoms with E-state index in [2.05, 4.69) is 20.6 Å². The Labute approximate surface area is 188 Å². The van der Waals surface area contributed by atoms with E-state index in [1.54, 1.807) is 67.3 Å². The number of fused-ring (bicyclic) bond motifs is 1. The van der Waals surface area contributed by atoms with Gasteiger partial charge in [0.1, 0.15) is 6.61 Å². The molecular formula is C22H20ClN5O4. The van der Waals surface area contributed by atoms with Gasteiger partial charge in [0, 0.05) is 22.2 Å². The van der Waals surface area contributed by atoms with Gasteiger partial charge in [-0.1, -0.05) is 17.7 Å². The Morgan fingerprint density at radius 1 is 1.03 bits per heavy atom. The Morgan fingerprint density at radius 3 is 2.66 bits per heavy atom. The molecule has 4 aromatic rings. The van der Waals surface area contributed by atoms with Crippen molar-refractivity contribution in [1.82, 2.24) is 25.1 Å². The number of carbonyl (C=O) groups is 1. The molecule has 2 aromatic carbocycles. The normalized spacial score (nSPS) is 10.7. The predicted octanol–water partition coefficient (Wildman–Crippen LogP) is 3.27. The fraction of sp³-hybridized carbons (Fsp3) is 0.182. The smallest absolute Gasteiger partial charge is 0.251 e. The maximum absolute atomic E-state index is 12.2. The summed E-state index contributed by atoms with van der Waals surface area (Å²) >= 11 is 5.92. The molecule has 4 rings (SSSR count). The summed E-state index contributed by atoms with van der Waals surface area (Å²) in [5.74, 6) is 1.86. The van der Waals surface area contributed by atoms with Crippen molar-refractivity contribution in [3.05, 3.63) is 65.2 Å². The highest BCUT2D eigenvalue weighted by atomic mass is 35.5. The number of nitrogens with zero attached hydrogens (tertiary/aromatic N) is 4. The Bertz CT molecular complexity index is 1260. The summed E-state index contributed by atoms with van der Waals surface area (Å²) in [6, 6.07) is 15.6. The molecule has 0 fully saturated rings. The van der Waals surface area contributed by atoms with Gasteiger partial charge >= 0.3 is 0 Å². The Balaban J connectivity index is 1.44. The lowest BCUT2D eigenvalue weighted by Gasteiger charge is -2.09. The van der Waals surface area contributed by atoms with Gasteiger partial charge in [-0.15, -0.1) is 15.3 Å². The topological polar surface area (TPSA) is 99.9 Å². The molecule has 0 aliphatic carbocycles. The van der Waals surface area contributed by atoms with Crippen LogP contribution >= 0.6 is 11.6 Å². The van der Waals surface area contributed by atoms with Crippen LogP contribution < -0.4 is 19.5 Å². The molecule has 0 aliphatic rings. The molecule has 0 unspecified atom stereocenters. The van der Waals surface area contributed by atoms with Crippen LogP contribution in [0.15, 0.2) is 54.6 Å². The van der Waals surface area contributed by atoms with E-state index in [4.69, 9.17) is 25.8 Å². The number of carbonyl (C=O) groups excluding carboxylic acids is 1. The zero-order chi connectivity index (χ0) is 22.5. The summed E-state index contributed by atoms with van der Waals surface area (Å²) in [5.41, 5.74) is 1.81. The van der Waals surface area contributed by atoms with Gasteiger partial charge in [-0.2, -0.15) is 4.52 Å². The van der Waals surface area contributed by atoms with Crippen LogP contribution in [-0.2, 0) is 0 Å². The van der Waals surface area contributed by atoms with E-state index < -0.39 is 0 Å². The third kappa shape index (κ3) is 4.57. The summed E-state index contributed by atoms with van der Waals surface area (Å²) in [7, 11) is 3.14. The van der Waals surface area contributed by atoms with Gasteiger partial charge in [-0.05, 0) is 42.5 Å². The van der Waals surface area contributed by atoms with E-state index in [0.29, 0.717) is 46.0 Å². The van der Waals surface area contributed by atoms with E-state index in [9.17, 15) is 4.79 Å². The van der Waals surface area contributed by atoms with Crippen LogP contribution in [0.4, 0.5) is 0 Å². The standard InChI is InChI=1S/C22H20ClN5O4/c1-30-17-7-6-14(13-18(17)31-2)21-26-25-19-8-9-20(27-28(19)21)32-11-10-24-22(29)15-4-3-5-16(23)12-15/h3-9,12-13H,10-11H2,1-2H3,(H,24,29). The van der Waals surface area contributed by atoms with Crippen molar-refractivity contribution >= 4 is 23.2 Å². The van der Waals surface area contributed by atoms with Crippen molar-refractivity contribution < 1.29 is 19.0 Å². The number of methoxy groups -OCH3 is 2. The number of hydrogen-bond donors (Lipinski definition) is 1. The second-order valence-electron chi connectivity index (χ2n) is 6.65. The SMILES string of the molecule is COc1ccc(-c2nnc3ccc(OCCNC(=O)c4cccc(Cl)c4)nn23)cc1OC. The first-order valence-corrected chi connectivity index (χ1v) is 10.1. The van der Waals surface area contributed by atoms with Crippen LogP contribution in [-0.4, -0.2) is 53.1 Å². The maximum atomic E-state index is 12.2. The van der Waals surface area contributed by atoms with Crippen molar-refractivity contribution in [3.63, 3.8) is 0 Å². The lowest BCUT2D eigenvalue weighted by molar-refractivity contribution is 0.0946. The van der Waals surface area contributed by atoms with Crippen LogP contribution in [0.1, 0.15) is 10.4 Å². The zero-order valence-electron chi connectivity index (χ0n) is 17.4. The van der Waals surface area contributed by atoms with Gasteiger partial charge in [0.25, 0.3) is 5.91 Å². The number of halogens is 1. The minimum atomic E-state index is -0.228. The lowest BCUT2D eigenvalue weighted by atomic mass is 10.2. The molecule has 0 spiro atoms. The van der Waals surface area contributed by atoms with Gasteiger partial charge < -0.3 is 19.5 Å². The van der Waals surface area contributed by atoms with Crippen LogP contribution in [0.3, 0.4) is 0 Å². The molecule has 1 N–H and O–H groups in total. The summed E-state index contributed by atoms with van der Waals surface area (Å²) in [6.07, 6.45) is 0. The zero-order valence-corrected chi connectivity index (χ0v) is 18.2. The molecule has 0 aliphatic heterocycles. The molecular weight excluding hydrogens is 434 g/mol. The fourth-order valence-corrected chi connectivity index (χ4v) is 3.25. The molecule has 0 radical (unpaired) electrons. The highest BCUT2D eigenvalue weighted by Crippen LogP contribution is 2.31. The first-order valence-electron chi connectivity index (χ1n) is 9.70. The summed E-state index contributed by atoms with van der Waals surface area (Å²) in [6.45, 7) is 0.536. The van der Waals surface area contributed by atoms with Crippen LogP contribution in [0, 0.1) is 0 Å². The number of hydrogen-bond acceptors (Lipinski definition) is 7. The lowest BCUT2D eigenvalue weighted by Crippen LogP contribution is -2.28. The third-order valence-corrected chi connectivity index (χ3v) is 4.84.